The molecule has 2 heterocycles. The number of anilines is 1. The molecule has 0 spiro atoms. The predicted octanol–water partition coefficient (Wildman–Crippen LogP) is 6.21. The minimum atomic E-state index is 0.0661. The van der Waals surface area contributed by atoms with Gasteiger partial charge in [0.25, 0.3) is 0 Å². The molecule has 5 nitrogen and oxygen atoms in total. The molecule has 1 amide bonds. The maximum atomic E-state index is 13.1. The first-order valence-electron chi connectivity index (χ1n) is 12.6. The molecular formula is C30H33N3O2. The number of para-hydroxylation sites is 3. The molecule has 3 aromatic carbocycles. The highest BCUT2D eigenvalue weighted by Gasteiger charge is 2.35. The lowest BCUT2D eigenvalue weighted by atomic mass is 10.1. The molecule has 5 heteroatoms. The summed E-state index contributed by atoms with van der Waals surface area (Å²) >= 11 is 0. The fourth-order valence-corrected chi connectivity index (χ4v) is 5.20. The Morgan fingerprint density at radius 3 is 2.46 bits per heavy atom. The Hall–Kier alpha value is -3.60. The van der Waals surface area contributed by atoms with Gasteiger partial charge in [-0.2, -0.15) is 0 Å². The molecule has 1 aliphatic rings. The molecule has 4 aromatic rings. The molecule has 0 aliphatic carbocycles. The van der Waals surface area contributed by atoms with E-state index in [1.807, 2.05) is 29.2 Å². The van der Waals surface area contributed by atoms with E-state index < -0.39 is 0 Å². The number of aromatic nitrogens is 2. The molecule has 1 saturated heterocycles. The number of rotatable bonds is 8. The van der Waals surface area contributed by atoms with Crippen LogP contribution in [0.25, 0.3) is 11.0 Å². The van der Waals surface area contributed by atoms with E-state index in [1.165, 1.54) is 5.56 Å². The van der Waals surface area contributed by atoms with E-state index in [9.17, 15) is 4.79 Å². The van der Waals surface area contributed by atoms with Crippen LogP contribution in [0.4, 0.5) is 5.69 Å². The molecule has 0 bridgehead atoms. The normalized spacial score (nSPS) is 15.8. The number of amides is 1. The molecule has 1 atom stereocenters. The van der Waals surface area contributed by atoms with Crippen molar-refractivity contribution in [2.45, 2.75) is 52.5 Å². The zero-order valence-electron chi connectivity index (χ0n) is 20.8. The number of fused-ring (bicyclic) bond motifs is 1. The molecule has 180 valence electrons. The molecule has 0 saturated carbocycles. The first-order valence-corrected chi connectivity index (χ1v) is 12.6. The molecular weight excluding hydrogens is 434 g/mol. The highest BCUT2D eigenvalue weighted by molar-refractivity contribution is 5.98. The number of imidazole rings is 1. The number of ether oxygens (including phenoxy) is 1. The van der Waals surface area contributed by atoms with Crippen LogP contribution in [0.3, 0.4) is 0 Å². The molecule has 35 heavy (non-hydrogen) atoms. The number of hydrogen-bond acceptors (Lipinski definition) is 3. The summed E-state index contributed by atoms with van der Waals surface area (Å²) in [6.45, 7) is 8.41. The summed E-state index contributed by atoms with van der Waals surface area (Å²) in [6.07, 6.45) is 2.38. The van der Waals surface area contributed by atoms with Crippen molar-refractivity contribution in [3.05, 3.63) is 89.2 Å². The summed E-state index contributed by atoms with van der Waals surface area (Å²) < 4.78 is 8.30. The highest BCUT2D eigenvalue weighted by atomic mass is 16.5. The third-order valence-corrected chi connectivity index (χ3v) is 7.01. The van der Waals surface area contributed by atoms with Crippen molar-refractivity contribution < 1.29 is 9.53 Å². The van der Waals surface area contributed by atoms with Crippen molar-refractivity contribution in [1.82, 2.24) is 9.55 Å². The van der Waals surface area contributed by atoms with Gasteiger partial charge in [0.15, 0.2) is 0 Å². The number of aryl methyl sites for hydroxylation is 4. The minimum Gasteiger partial charge on any atom is -0.494 e. The topological polar surface area (TPSA) is 47.4 Å². The fourth-order valence-electron chi connectivity index (χ4n) is 5.20. The number of carbonyl (C=O) groups excluding carboxylic acids is 1. The van der Waals surface area contributed by atoms with Crippen molar-refractivity contribution in [2.75, 3.05) is 18.1 Å². The van der Waals surface area contributed by atoms with Crippen LogP contribution in [0, 0.1) is 13.8 Å². The van der Waals surface area contributed by atoms with E-state index in [-0.39, 0.29) is 11.8 Å². The SMILES string of the molecule is CCc1ccc(OCCCn2c(C3CC(=O)N(c4c(C)cccc4C)C3)nc3ccccc32)cc1. The van der Waals surface area contributed by atoms with Gasteiger partial charge in [-0.05, 0) is 67.6 Å². The van der Waals surface area contributed by atoms with Crippen LogP contribution in [0.15, 0.2) is 66.7 Å². The van der Waals surface area contributed by atoms with Gasteiger partial charge in [-0.1, -0.05) is 49.4 Å². The van der Waals surface area contributed by atoms with Crippen LogP contribution in [0.5, 0.6) is 5.75 Å². The predicted molar refractivity (Wildman–Crippen MR) is 141 cm³/mol. The van der Waals surface area contributed by atoms with Gasteiger partial charge in [-0.3, -0.25) is 4.79 Å². The minimum absolute atomic E-state index is 0.0661. The smallest absolute Gasteiger partial charge is 0.227 e. The molecule has 1 aromatic heterocycles. The van der Waals surface area contributed by atoms with E-state index in [0.29, 0.717) is 19.6 Å². The Labute approximate surface area is 207 Å². The summed E-state index contributed by atoms with van der Waals surface area (Å²) in [4.78, 5) is 20.1. The number of carbonyl (C=O) groups is 1. The second-order valence-corrected chi connectivity index (χ2v) is 9.46. The highest BCUT2D eigenvalue weighted by Crippen LogP contribution is 2.36. The van der Waals surface area contributed by atoms with Gasteiger partial charge in [0.05, 0.1) is 17.6 Å². The second-order valence-electron chi connectivity index (χ2n) is 9.46. The Kier molecular flexibility index (Phi) is 6.58. The summed E-state index contributed by atoms with van der Waals surface area (Å²) in [7, 11) is 0. The van der Waals surface area contributed by atoms with Crippen molar-refractivity contribution in [3.63, 3.8) is 0 Å². The molecule has 0 N–H and O–H groups in total. The lowest BCUT2D eigenvalue weighted by molar-refractivity contribution is -0.117. The number of nitrogens with zero attached hydrogens (tertiary/aromatic N) is 3. The quantitative estimate of drug-likeness (QED) is 0.290. The van der Waals surface area contributed by atoms with Gasteiger partial charge in [0.2, 0.25) is 5.91 Å². The van der Waals surface area contributed by atoms with Crippen molar-refractivity contribution in [3.8, 4) is 5.75 Å². The van der Waals surface area contributed by atoms with Crippen LogP contribution >= 0.6 is 0 Å². The van der Waals surface area contributed by atoms with E-state index in [4.69, 9.17) is 9.72 Å². The van der Waals surface area contributed by atoms with E-state index in [1.54, 1.807) is 0 Å². The fraction of sp³-hybridized carbons (Fsp3) is 0.333. The Morgan fingerprint density at radius 2 is 1.71 bits per heavy atom. The number of hydrogen-bond donors (Lipinski definition) is 0. The Morgan fingerprint density at radius 1 is 0.971 bits per heavy atom. The third-order valence-electron chi connectivity index (χ3n) is 7.01. The molecule has 1 unspecified atom stereocenters. The largest absolute Gasteiger partial charge is 0.494 e. The van der Waals surface area contributed by atoms with Gasteiger partial charge in [-0.25, -0.2) is 4.98 Å². The standard InChI is InChI=1S/C30H33N3O2/c1-4-23-13-15-25(16-14-23)35-18-8-17-32-27-12-6-5-11-26(27)31-30(32)24-19-28(34)33(20-24)29-21(2)9-7-10-22(29)3/h5-7,9-16,24H,4,8,17-20H2,1-3H3. The van der Waals surface area contributed by atoms with Crippen LogP contribution in [-0.2, 0) is 17.8 Å². The first kappa shape index (κ1) is 23.2. The molecule has 1 fully saturated rings. The van der Waals surface area contributed by atoms with Crippen molar-refractivity contribution in [2.24, 2.45) is 0 Å². The van der Waals surface area contributed by atoms with Gasteiger partial charge in [-0.15, -0.1) is 0 Å². The van der Waals surface area contributed by atoms with Gasteiger partial charge >= 0.3 is 0 Å². The third kappa shape index (κ3) is 4.68. The molecule has 5 rings (SSSR count). The van der Waals surface area contributed by atoms with Gasteiger partial charge in [0, 0.05) is 31.1 Å². The summed E-state index contributed by atoms with van der Waals surface area (Å²) in [5, 5.41) is 0. The summed E-state index contributed by atoms with van der Waals surface area (Å²) in [6, 6.07) is 22.8. The Bertz CT molecular complexity index is 1320. The zero-order chi connectivity index (χ0) is 24.4. The average Bonchev–Trinajstić information content (AvgIpc) is 3.42. The number of benzene rings is 3. The molecule has 0 radical (unpaired) electrons. The maximum Gasteiger partial charge on any atom is 0.227 e. The Balaban J connectivity index is 1.34. The second kappa shape index (κ2) is 9.95. The lowest BCUT2D eigenvalue weighted by Gasteiger charge is -2.21. The van der Waals surface area contributed by atoms with Crippen molar-refractivity contribution >= 4 is 22.6 Å². The lowest BCUT2D eigenvalue weighted by Crippen LogP contribution is -2.26. The first-order chi connectivity index (χ1) is 17.0. The van der Waals surface area contributed by atoms with E-state index in [2.05, 4.69) is 67.8 Å². The van der Waals surface area contributed by atoms with Crippen molar-refractivity contribution in [1.29, 1.82) is 0 Å². The van der Waals surface area contributed by atoms with Crippen LogP contribution < -0.4 is 9.64 Å². The molecule has 1 aliphatic heterocycles. The van der Waals surface area contributed by atoms with Crippen LogP contribution in [0.2, 0.25) is 0 Å². The van der Waals surface area contributed by atoms with Gasteiger partial charge in [0.1, 0.15) is 11.6 Å². The summed E-state index contributed by atoms with van der Waals surface area (Å²) in [5.41, 5.74) is 6.73. The van der Waals surface area contributed by atoms with E-state index >= 15 is 0 Å². The zero-order valence-corrected chi connectivity index (χ0v) is 20.8. The summed E-state index contributed by atoms with van der Waals surface area (Å²) in [5.74, 6) is 2.14. The van der Waals surface area contributed by atoms with Gasteiger partial charge < -0.3 is 14.2 Å². The van der Waals surface area contributed by atoms with Crippen LogP contribution in [0.1, 0.15) is 48.2 Å². The average molecular weight is 468 g/mol. The maximum absolute atomic E-state index is 13.1. The van der Waals surface area contributed by atoms with Crippen LogP contribution in [-0.4, -0.2) is 28.6 Å². The van der Waals surface area contributed by atoms with E-state index in [0.717, 1.165) is 58.8 Å². The monoisotopic (exact) mass is 467 g/mol.